The summed E-state index contributed by atoms with van der Waals surface area (Å²) in [6, 6.07) is 1.51. The molecule has 1 fully saturated rings. The topological polar surface area (TPSA) is 55.7 Å². The number of phenols is 2. The second-order valence-corrected chi connectivity index (χ2v) is 4.91. The number of nitrogens with zero attached hydrogens (tertiary/aromatic N) is 1. The molecule has 1 aliphatic heterocycles. The molecular formula is C11H14BrFN2O2. The zero-order valence-electron chi connectivity index (χ0n) is 9.21. The first kappa shape index (κ1) is 12.6. The number of piperazine rings is 1. The molecular weight excluding hydrogens is 291 g/mol. The molecule has 1 aromatic carbocycles. The summed E-state index contributed by atoms with van der Waals surface area (Å²) in [5.41, 5.74) is 0.526. The van der Waals surface area contributed by atoms with Gasteiger partial charge in [0.1, 0.15) is 0 Å². The lowest BCUT2D eigenvalue weighted by molar-refractivity contribution is 0.229. The number of phenolic OH excluding ortho intramolecular Hbond substituents is 2. The molecule has 2 rings (SSSR count). The van der Waals surface area contributed by atoms with Crippen LogP contribution in [0.1, 0.15) is 5.56 Å². The van der Waals surface area contributed by atoms with Crippen LogP contribution in [0.25, 0.3) is 0 Å². The lowest BCUT2D eigenvalue weighted by Gasteiger charge is -2.27. The highest BCUT2D eigenvalue weighted by molar-refractivity contribution is 9.10. The Balaban J connectivity index is 2.20. The number of nitrogens with one attached hydrogen (secondary N) is 1. The van der Waals surface area contributed by atoms with Crippen molar-refractivity contribution in [1.82, 2.24) is 10.2 Å². The molecule has 1 aliphatic rings. The maximum atomic E-state index is 13.3. The summed E-state index contributed by atoms with van der Waals surface area (Å²) in [5, 5.41) is 22.3. The molecule has 0 spiro atoms. The van der Waals surface area contributed by atoms with Crippen LogP contribution in [0.5, 0.6) is 11.5 Å². The minimum Gasteiger partial charge on any atom is -0.504 e. The van der Waals surface area contributed by atoms with Crippen LogP contribution in [0.15, 0.2) is 10.5 Å². The van der Waals surface area contributed by atoms with E-state index in [1.54, 1.807) is 0 Å². The van der Waals surface area contributed by atoms with Crippen molar-refractivity contribution in [1.29, 1.82) is 0 Å². The van der Waals surface area contributed by atoms with E-state index in [0.29, 0.717) is 12.1 Å². The second kappa shape index (κ2) is 5.20. The Morgan fingerprint density at radius 3 is 2.59 bits per heavy atom. The third-order valence-electron chi connectivity index (χ3n) is 2.85. The van der Waals surface area contributed by atoms with Crippen LogP contribution in [-0.2, 0) is 6.54 Å². The van der Waals surface area contributed by atoms with E-state index < -0.39 is 11.6 Å². The number of halogens is 2. The van der Waals surface area contributed by atoms with Gasteiger partial charge in [-0.2, -0.15) is 0 Å². The Morgan fingerprint density at radius 2 is 1.94 bits per heavy atom. The lowest BCUT2D eigenvalue weighted by Crippen LogP contribution is -2.42. The van der Waals surface area contributed by atoms with E-state index in [2.05, 4.69) is 26.1 Å². The first-order chi connectivity index (χ1) is 8.09. The molecule has 4 nitrogen and oxygen atoms in total. The average Bonchev–Trinajstić information content (AvgIpc) is 2.35. The Hall–Kier alpha value is -0.850. The molecule has 0 bridgehead atoms. The van der Waals surface area contributed by atoms with Gasteiger partial charge in [-0.15, -0.1) is 0 Å². The van der Waals surface area contributed by atoms with E-state index in [0.717, 1.165) is 26.2 Å². The molecule has 3 N–H and O–H groups in total. The fraction of sp³-hybridized carbons (Fsp3) is 0.455. The molecule has 94 valence electrons. The summed E-state index contributed by atoms with van der Waals surface area (Å²) in [4.78, 5) is 2.13. The standard InChI is InChI=1S/C11H14BrFN2O2/c12-8-5-7(10(16)11(17)9(8)13)6-15-3-1-14-2-4-15/h5,14,16-17H,1-4,6H2. The SMILES string of the molecule is Oc1c(CN2CCNCC2)cc(Br)c(F)c1O. The summed E-state index contributed by atoms with van der Waals surface area (Å²) < 4.78 is 13.4. The zero-order chi connectivity index (χ0) is 12.4. The van der Waals surface area contributed by atoms with Crippen LogP contribution in [0, 0.1) is 5.82 Å². The summed E-state index contributed by atoms with van der Waals surface area (Å²) >= 11 is 3.02. The highest BCUT2D eigenvalue weighted by Crippen LogP contribution is 2.36. The van der Waals surface area contributed by atoms with E-state index >= 15 is 0 Å². The average molecular weight is 305 g/mol. The first-order valence-corrected chi connectivity index (χ1v) is 6.20. The molecule has 1 heterocycles. The third kappa shape index (κ3) is 2.70. The molecule has 17 heavy (non-hydrogen) atoms. The van der Waals surface area contributed by atoms with Gasteiger partial charge in [0.25, 0.3) is 0 Å². The van der Waals surface area contributed by atoms with Crippen molar-refractivity contribution >= 4 is 15.9 Å². The van der Waals surface area contributed by atoms with Crippen LogP contribution in [0.2, 0.25) is 0 Å². The van der Waals surface area contributed by atoms with Crippen LogP contribution in [0.3, 0.4) is 0 Å². The van der Waals surface area contributed by atoms with E-state index in [9.17, 15) is 14.6 Å². The predicted molar refractivity (Wildman–Crippen MR) is 65.6 cm³/mol. The molecule has 0 aromatic heterocycles. The Bertz CT molecular complexity index is 422. The van der Waals surface area contributed by atoms with Crippen molar-refractivity contribution in [3.8, 4) is 11.5 Å². The number of rotatable bonds is 2. The van der Waals surface area contributed by atoms with Crippen molar-refractivity contribution in [2.75, 3.05) is 26.2 Å². The number of aromatic hydroxyl groups is 2. The minimum absolute atomic E-state index is 0.165. The van der Waals surface area contributed by atoms with Crippen molar-refractivity contribution in [2.24, 2.45) is 0 Å². The van der Waals surface area contributed by atoms with Gasteiger partial charge in [0.05, 0.1) is 4.47 Å². The van der Waals surface area contributed by atoms with Crippen molar-refractivity contribution in [2.45, 2.75) is 6.54 Å². The van der Waals surface area contributed by atoms with E-state index in [-0.39, 0.29) is 10.2 Å². The Morgan fingerprint density at radius 1 is 1.29 bits per heavy atom. The van der Waals surface area contributed by atoms with Crippen LogP contribution >= 0.6 is 15.9 Å². The quantitative estimate of drug-likeness (QED) is 0.723. The lowest BCUT2D eigenvalue weighted by atomic mass is 10.1. The fourth-order valence-corrected chi connectivity index (χ4v) is 2.35. The van der Waals surface area contributed by atoms with Gasteiger partial charge in [0.15, 0.2) is 17.3 Å². The largest absolute Gasteiger partial charge is 0.504 e. The van der Waals surface area contributed by atoms with Crippen LogP contribution < -0.4 is 5.32 Å². The van der Waals surface area contributed by atoms with E-state index in [4.69, 9.17) is 0 Å². The van der Waals surface area contributed by atoms with Gasteiger partial charge in [-0.1, -0.05) is 0 Å². The van der Waals surface area contributed by atoms with Gasteiger partial charge in [-0.25, -0.2) is 4.39 Å². The Kier molecular flexibility index (Phi) is 3.86. The third-order valence-corrected chi connectivity index (χ3v) is 3.43. The van der Waals surface area contributed by atoms with Crippen molar-refractivity contribution < 1.29 is 14.6 Å². The number of benzene rings is 1. The van der Waals surface area contributed by atoms with Crippen LogP contribution in [-0.4, -0.2) is 41.3 Å². The van der Waals surface area contributed by atoms with Crippen molar-refractivity contribution in [3.05, 3.63) is 21.9 Å². The Labute approximate surface area is 107 Å². The smallest absolute Gasteiger partial charge is 0.195 e. The van der Waals surface area contributed by atoms with Gasteiger partial charge in [-0.05, 0) is 22.0 Å². The molecule has 0 atom stereocenters. The monoisotopic (exact) mass is 304 g/mol. The second-order valence-electron chi connectivity index (χ2n) is 4.05. The summed E-state index contributed by atoms with van der Waals surface area (Å²) in [6.45, 7) is 4.04. The summed E-state index contributed by atoms with van der Waals surface area (Å²) in [6.07, 6.45) is 0. The maximum absolute atomic E-state index is 13.3. The van der Waals surface area contributed by atoms with Gasteiger partial charge >= 0.3 is 0 Å². The molecule has 0 radical (unpaired) electrons. The first-order valence-electron chi connectivity index (χ1n) is 5.41. The molecule has 0 aliphatic carbocycles. The van der Waals surface area contributed by atoms with Crippen LogP contribution in [0.4, 0.5) is 4.39 Å². The zero-order valence-corrected chi connectivity index (χ0v) is 10.8. The van der Waals surface area contributed by atoms with Gasteiger partial charge in [0.2, 0.25) is 0 Å². The number of hydrogen-bond donors (Lipinski definition) is 3. The molecule has 0 unspecified atom stereocenters. The highest BCUT2D eigenvalue weighted by Gasteiger charge is 2.18. The van der Waals surface area contributed by atoms with E-state index in [1.165, 1.54) is 6.07 Å². The van der Waals surface area contributed by atoms with E-state index in [1.807, 2.05) is 0 Å². The van der Waals surface area contributed by atoms with Gasteiger partial charge in [0, 0.05) is 38.3 Å². The summed E-state index contributed by atoms with van der Waals surface area (Å²) in [5.74, 6) is -1.89. The van der Waals surface area contributed by atoms with Gasteiger partial charge in [-0.3, -0.25) is 4.90 Å². The predicted octanol–water partition coefficient (Wildman–Crippen LogP) is 1.40. The normalized spacial score (nSPS) is 17.3. The highest BCUT2D eigenvalue weighted by atomic mass is 79.9. The minimum atomic E-state index is -0.827. The number of hydrogen-bond acceptors (Lipinski definition) is 4. The molecule has 1 saturated heterocycles. The van der Waals surface area contributed by atoms with Crippen molar-refractivity contribution in [3.63, 3.8) is 0 Å². The summed E-state index contributed by atoms with van der Waals surface area (Å²) in [7, 11) is 0. The fourth-order valence-electron chi connectivity index (χ4n) is 1.88. The van der Waals surface area contributed by atoms with Gasteiger partial charge < -0.3 is 15.5 Å². The maximum Gasteiger partial charge on any atom is 0.195 e. The molecule has 0 amide bonds. The molecule has 0 saturated carbocycles. The molecule has 6 heteroatoms. The molecule has 1 aromatic rings.